The molecule has 2 aromatic heterocycles. The van der Waals surface area contributed by atoms with Gasteiger partial charge in [0.2, 0.25) is 5.91 Å². The summed E-state index contributed by atoms with van der Waals surface area (Å²) in [7, 11) is 0. The fourth-order valence-electron chi connectivity index (χ4n) is 3.81. The molecule has 0 saturated carbocycles. The number of carbonyl (C=O) groups is 1. The van der Waals surface area contributed by atoms with Crippen molar-refractivity contribution in [2.45, 2.75) is 32.9 Å². The molecule has 1 saturated heterocycles. The highest BCUT2D eigenvalue weighted by atomic mass is 32.1. The zero-order valence-electron chi connectivity index (χ0n) is 15.1. The number of imidazole rings is 1. The molecule has 26 heavy (non-hydrogen) atoms. The quantitative estimate of drug-likeness (QED) is 0.767. The molecule has 0 bridgehead atoms. The van der Waals surface area contributed by atoms with Crippen molar-refractivity contribution in [1.29, 1.82) is 0 Å². The summed E-state index contributed by atoms with van der Waals surface area (Å²) in [6.07, 6.45) is 0.980. The van der Waals surface area contributed by atoms with Crippen LogP contribution < -0.4 is 5.73 Å². The van der Waals surface area contributed by atoms with Crippen molar-refractivity contribution < 1.29 is 4.79 Å². The third-order valence-corrected chi connectivity index (χ3v) is 6.14. The largest absolute Gasteiger partial charge is 0.338 e. The van der Waals surface area contributed by atoms with Crippen LogP contribution in [0.1, 0.15) is 19.0 Å². The number of aromatic nitrogens is 3. The van der Waals surface area contributed by atoms with E-state index in [-0.39, 0.29) is 18.5 Å². The second-order valence-electron chi connectivity index (χ2n) is 7.01. The maximum absolute atomic E-state index is 13.1. The minimum Gasteiger partial charge on any atom is -0.338 e. The van der Waals surface area contributed by atoms with Gasteiger partial charge in [0.05, 0.1) is 27.1 Å². The van der Waals surface area contributed by atoms with E-state index in [2.05, 4.69) is 11.9 Å². The monoisotopic (exact) mass is 369 g/mol. The third kappa shape index (κ3) is 2.91. The number of likely N-dealkylation sites (tertiary alicyclic amines) is 1. The molecular weight excluding hydrogens is 346 g/mol. The van der Waals surface area contributed by atoms with Gasteiger partial charge in [0.1, 0.15) is 6.54 Å². The van der Waals surface area contributed by atoms with Gasteiger partial charge in [-0.2, -0.15) is 0 Å². The molecule has 1 fully saturated rings. The number of rotatable bonds is 4. The van der Waals surface area contributed by atoms with Crippen LogP contribution in [-0.2, 0) is 11.3 Å². The van der Waals surface area contributed by atoms with Crippen molar-refractivity contribution in [2.24, 2.45) is 11.7 Å². The molecule has 3 aromatic rings. The van der Waals surface area contributed by atoms with Crippen molar-refractivity contribution in [2.75, 3.05) is 13.1 Å². The number of thiazole rings is 1. The minimum atomic E-state index is 0.125. The van der Waals surface area contributed by atoms with E-state index in [1.165, 1.54) is 0 Å². The van der Waals surface area contributed by atoms with Gasteiger partial charge in [-0.1, -0.05) is 12.1 Å². The predicted octanol–water partition coefficient (Wildman–Crippen LogP) is 2.66. The Morgan fingerprint density at radius 2 is 2.19 bits per heavy atom. The maximum atomic E-state index is 13.1. The molecular formula is C19H23N5OS. The fraction of sp³-hybridized carbons (Fsp3) is 0.421. The maximum Gasteiger partial charge on any atom is 0.242 e. The zero-order valence-corrected chi connectivity index (χ0v) is 15.9. The average molecular weight is 369 g/mol. The Morgan fingerprint density at radius 3 is 2.88 bits per heavy atom. The van der Waals surface area contributed by atoms with Gasteiger partial charge >= 0.3 is 0 Å². The van der Waals surface area contributed by atoms with Crippen LogP contribution in [0.4, 0.5) is 0 Å². The lowest BCUT2D eigenvalue weighted by Gasteiger charge is -2.22. The van der Waals surface area contributed by atoms with Gasteiger partial charge in [0.25, 0.3) is 0 Å². The number of hydrogen-bond donors (Lipinski definition) is 1. The van der Waals surface area contributed by atoms with E-state index in [1.807, 2.05) is 46.2 Å². The Kier molecular flexibility index (Phi) is 4.50. The molecule has 0 radical (unpaired) electrons. The van der Waals surface area contributed by atoms with Crippen molar-refractivity contribution >= 4 is 28.3 Å². The van der Waals surface area contributed by atoms with Crippen LogP contribution in [-0.4, -0.2) is 44.5 Å². The van der Waals surface area contributed by atoms with Gasteiger partial charge in [-0.05, 0) is 44.9 Å². The van der Waals surface area contributed by atoms with Crippen LogP contribution in [0.3, 0.4) is 0 Å². The van der Waals surface area contributed by atoms with Crippen LogP contribution in [0.25, 0.3) is 21.7 Å². The molecule has 4 rings (SSSR count). The number of carbonyl (C=O) groups excluding carboxylic acids is 1. The molecule has 0 aliphatic carbocycles. The first-order valence-electron chi connectivity index (χ1n) is 8.93. The zero-order chi connectivity index (χ0) is 18.3. The van der Waals surface area contributed by atoms with Gasteiger partial charge in [0.15, 0.2) is 5.82 Å². The molecule has 2 N–H and O–H groups in total. The number of hydrogen-bond acceptors (Lipinski definition) is 5. The standard InChI is InChI=1S/C19H23N5OS/c1-12-7-14(8-20)9-23(12)17(25)10-24-16-6-4-3-5-15(16)22-19(24)18-13(2)21-11-26-18/h3-6,11-12,14H,7-10,20H2,1-2H3. The summed E-state index contributed by atoms with van der Waals surface area (Å²) in [6.45, 7) is 5.75. The molecule has 136 valence electrons. The topological polar surface area (TPSA) is 77.0 Å². The van der Waals surface area contributed by atoms with Crippen molar-refractivity contribution in [3.8, 4) is 10.7 Å². The molecule has 1 amide bonds. The highest BCUT2D eigenvalue weighted by molar-refractivity contribution is 7.13. The van der Waals surface area contributed by atoms with Crippen LogP contribution in [0, 0.1) is 12.8 Å². The van der Waals surface area contributed by atoms with Crippen LogP contribution >= 0.6 is 11.3 Å². The normalized spacial score (nSPS) is 20.2. The summed E-state index contributed by atoms with van der Waals surface area (Å²) in [4.78, 5) is 25.2. The summed E-state index contributed by atoms with van der Waals surface area (Å²) in [5.41, 5.74) is 10.5. The molecule has 6 nitrogen and oxygen atoms in total. The number of para-hydroxylation sites is 2. The molecule has 1 aliphatic heterocycles. The molecule has 7 heteroatoms. The minimum absolute atomic E-state index is 0.125. The lowest BCUT2D eigenvalue weighted by Crippen LogP contribution is -2.37. The molecule has 1 aromatic carbocycles. The second kappa shape index (κ2) is 6.81. The molecule has 2 atom stereocenters. The first-order valence-corrected chi connectivity index (χ1v) is 9.81. The summed E-state index contributed by atoms with van der Waals surface area (Å²) in [5, 5.41) is 0. The van der Waals surface area contributed by atoms with Crippen LogP contribution in [0.15, 0.2) is 29.8 Å². The number of nitrogens with zero attached hydrogens (tertiary/aromatic N) is 4. The van der Waals surface area contributed by atoms with Gasteiger partial charge in [-0.25, -0.2) is 9.97 Å². The van der Waals surface area contributed by atoms with Crippen molar-refractivity contribution in [3.63, 3.8) is 0 Å². The highest BCUT2D eigenvalue weighted by Crippen LogP contribution is 2.31. The summed E-state index contributed by atoms with van der Waals surface area (Å²) >= 11 is 1.56. The first kappa shape index (κ1) is 17.2. The number of aryl methyl sites for hydroxylation is 1. The van der Waals surface area contributed by atoms with E-state index in [4.69, 9.17) is 10.7 Å². The Morgan fingerprint density at radius 1 is 1.38 bits per heavy atom. The smallest absolute Gasteiger partial charge is 0.242 e. The summed E-state index contributed by atoms with van der Waals surface area (Å²) < 4.78 is 2.03. The lowest BCUT2D eigenvalue weighted by atomic mass is 10.1. The second-order valence-corrected chi connectivity index (χ2v) is 7.86. The molecule has 2 unspecified atom stereocenters. The van der Waals surface area contributed by atoms with Crippen molar-refractivity contribution in [3.05, 3.63) is 35.5 Å². The summed E-state index contributed by atoms with van der Waals surface area (Å²) in [6, 6.07) is 8.20. The third-order valence-electron chi connectivity index (χ3n) is 5.21. The van der Waals surface area contributed by atoms with E-state index in [0.29, 0.717) is 12.5 Å². The Balaban J connectivity index is 1.72. The van der Waals surface area contributed by atoms with E-state index in [9.17, 15) is 4.79 Å². The number of fused-ring (bicyclic) bond motifs is 1. The Labute approximate surface area is 156 Å². The van der Waals surface area contributed by atoms with E-state index in [0.717, 1.165) is 40.4 Å². The van der Waals surface area contributed by atoms with Crippen molar-refractivity contribution in [1.82, 2.24) is 19.4 Å². The Bertz CT molecular complexity index is 946. The molecule has 1 aliphatic rings. The van der Waals surface area contributed by atoms with Gasteiger partial charge in [-0.3, -0.25) is 4.79 Å². The molecule has 0 spiro atoms. The van der Waals surface area contributed by atoms with Gasteiger partial charge in [0, 0.05) is 12.6 Å². The SMILES string of the molecule is Cc1ncsc1-c1nc2ccccc2n1CC(=O)N1CC(CN)CC1C. The summed E-state index contributed by atoms with van der Waals surface area (Å²) in [5.74, 6) is 1.35. The average Bonchev–Trinajstić information content (AvgIpc) is 3.32. The lowest BCUT2D eigenvalue weighted by molar-refractivity contribution is -0.132. The van der Waals surface area contributed by atoms with Gasteiger partial charge in [-0.15, -0.1) is 11.3 Å². The van der Waals surface area contributed by atoms with E-state index in [1.54, 1.807) is 11.3 Å². The predicted molar refractivity (Wildman–Crippen MR) is 104 cm³/mol. The Hall–Kier alpha value is -2.25. The number of benzene rings is 1. The fourth-order valence-corrected chi connectivity index (χ4v) is 4.61. The number of nitrogens with two attached hydrogens (primary N) is 1. The van der Waals surface area contributed by atoms with Crippen LogP contribution in [0.2, 0.25) is 0 Å². The van der Waals surface area contributed by atoms with E-state index < -0.39 is 0 Å². The number of amides is 1. The van der Waals surface area contributed by atoms with E-state index >= 15 is 0 Å². The van der Waals surface area contributed by atoms with Crippen LogP contribution in [0.5, 0.6) is 0 Å². The molecule has 3 heterocycles. The highest BCUT2D eigenvalue weighted by Gasteiger charge is 2.32. The first-order chi connectivity index (χ1) is 12.6. The van der Waals surface area contributed by atoms with Gasteiger partial charge < -0.3 is 15.2 Å².